The van der Waals surface area contributed by atoms with Crippen LogP contribution in [0.4, 0.5) is 0 Å². The van der Waals surface area contributed by atoms with Crippen LogP contribution in [0.3, 0.4) is 0 Å². The van der Waals surface area contributed by atoms with Crippen molar-refractivity contribution in [3.05, 3.63) is 56.3 Å². The van der Waals surface area contributed by atoms with Crippen LogP contribution in [-0.2, 0) is 13.5 Å². The zero-order valence-electron chi connectivity index (χ0n) is 10.5. The number of halogens is 3. The molecule has 0 saturated heterocycles. The van der Waals surface area contributed by atoms with Crippen molar-refractivity contribution in [2.75, 3.05) is 0 Å². The molecule has 0 amide bonds. The van der Waals surface area contributed by atoms with Crippen LogP contribution in [0.1, 0.15) is 21.7 Å². The monoisotopic (exact) mass is 326 g/mol. The Kier molecular flexibility index (Phi) is 4.39. The van der Waals surface area contributed by atoms with Crippen LogP contribution < -0.4 is 0 Å². The third kappa shape index (κ3) is 2.69. The Balaban J connectivity index is 2.48. The molecule has 3 nitrogen and oxygen atoms in total. The van der Waals surface area contributed by atoms with Gasteiger partial charge in [0.15, 0.2) is 0 Å². The van der Waals surface area contributed by atoms with Crippen molar-refractivity contribution in [3.8, 4) is 6.07 Å². The molecule has 2 aromatic rings. The number of aromatic nitrogens is 1. The fraction of sp³-hybridized carbons (Fsp3) is 0.143. The number of nitrogens with zero attached hydrogens (tertiary/aromatic N) is 2. The average molecular weight is 328 g/mol. The van der Waals surface area contributed by atoms with Gasteiger partial charge in [-0.15, -0.1) is 0 Å². The Morgan fingerprint density at radius 1 is 1.20 bits per heavy atom. The maximum absolute atomic E-state index is 12.5. The minimum Gasteiger partial charge on any atom is -0.343 e. The molecule has 0 fully saturated rings. The van der Waals surface area contributed by atoms with E-state index in [1.165, 1.54) is 6.07 Å². The van der Waals surface area contributed by atoms with Crippen molar-refractivity contribution < 1.29 is 4.79 Å². The first-order valence-corrected chi connectivity index (χ1v) is 6.80. The van der Waals surface area contributed by atoms with Crippen molar-refractivity contribution in [3.63, 3.8) is 0 Å². The number of nitriles is 1. The van der Waals surface area contributed by atoms with Crippen LogP contribution in [0.15, 0.2) is 24.3 Å². The van der Waals surface area contributed by atoms with Crippen LogP contribution in [0, 0.1) is 11.3 Å². The van der Waals surface area contributed by atoms with Gasteiger partial charge in [-0.2, -0.15) is 5.26 Å². The Morgan fingerprint density at radius 3 is 2.50 bits per heavy atom. The highest BCUT2D eigenvalue weighted by Gasteiger charge is 2.20. The van der Waals surface area contributed by atoms with Gasteiger partial charge in [-0.1, -0.05) is 34.8 Å². The second-order valence-corrected chi connectivity index (χ2v) is 5.41. The molecule has 0 unspecified atom stereocenters. The number of rotatable bonds is 3. The highest BCUT2D eigenvalue weighted by atomic mass is 35.5. The zero-order valence-corrected chi connectivity index (χ0v) is 12.7. The van der Waals surface area contributed by atoms with E-state index in [1.54, 1.807) is 29.8 Å². The molecule has 1 aromatic carbocycles. The minimum absolute atomic E-state index is 0.185. The van der Waals surface area contributed by atoms with Gasteiger partial charge in [-0.05, 0) is 24.3 Å². The minimum atomic E-state index is -0.264. The average Bonchev–Trinajstić information content (AvgIpc) is 2.68. The van der Waals surface area contributed by atoms with E-state index in [1.807, 2.05) is 6.07 Å². The lowest BCUT2D eigenvalue weighted by atomic mass is 10.1. The molecule has 2 rings (SSSR count). The topological polar surface area (TPSA) is 45.8 Å². The molecule has 0 spiro atoms. The van der Waals surface area contributed by atoms with Crippen molar-refractivity contribution in [1.82, 2.24) is 4.57 Å². The molecular formula is C14H9Cl3N2O. The smallest absolute Gasteiger partial charge is 0.210 e. The van der Waals surface area contributed by atoms with Gasteiger partial charge in [-0.3, -0.25) is 4.79 Å². The van der Waals surface area contributed by atoms with E-state index >= 15 is 0 Å². The summed E-state index contributed by atoms with van der Waals surface area (Å²) in [5, 5.41) is 9.74. The molecule has 0 aliphatic heterocycles. The Hall–Kier alpha value is -1.47. The summed E-state index contributed by atoms with van der Waals surface area (Å²) in [6.45, 7) is 0. The maximum Gasteiger partial charge on any atom is 0.210 e. The predicted molar refractivity (Wildman–Crippen MR) is 79.6 cm³/mol. The van der Waals surface area contributed by atoms with Gasteiger partial charge in [0.2, 0.25) is 5.78 Å². The largest absolute Gasteiger partial charge is 0.343 e. The summed E-state index contributed by atoms with van der Waals surface area (Å²) in [6.07, 6.45) is 0.185. The molecule has 1 heterocycles. The SMILES string of the molecule is Cn1c(CC#N)cc(Cl)c1C(=O)c1ccc(Cl)c(Cl)c1. The molecule has 0 N–H and O–H groups in total. The summed E-state index contributed by atoms with van der Waals surface area (Å²) in [5.74, 6) is -0.264. The van der Waals surface area contributed by atoms with Crippen LogP contribution in [-0.4, -0.2) is 10.4 Å². The third-order valence-corrected chi connectivity index (χ3v) is 3.97. The summed E-state index contributed by atoms with van der Waals surface area (Å²) in [6, 6.07) is 8.30. The lowest BCUT2D eigenvalue weighted by Crippen LogP contribution is -2.09. The fourth-order valence-corrected chi connectivity index (χ4v) is 2.54. The third-order valence-electron chi connectivity index (χ3n) is 2.94. The van der Waals surface area contributed by atoms with E-state index in [4.69, 9.17) is 40.1 Å². The molecule has 20 heavy (non-hydrogen) atoms. The molecule has 0 bridgehead atoms. The Labute approximate surface area is 131 Å². The molecule has 0 radical (unpaired) electrons. The van der Waals surface area contributed by atoms with E-state index < -0.39 is 0 Å². The maximum atomic E-state index is 12.5. The lowest BCUT2D eigenvalue weighted by molar-refractivity contribution is 0.103. The quantitative estimate of drug-likeness (QED) is 0.790. The van der Waals surface area contributed by atoms with Crippen molar-refractivity contribution in [1.29, 1.82) is 5.26 Å². The lowest BCUT2D eigenvalue weighted by Gasteiger charge is -2.06. The van der Waals surface area contributed by atoms with E-state index in [0.29, 0.717) is 32.0 Å². The Morgan fingerprint density at radius 2 is 1.90 bits per heavy atom. The van der Waals surface area contributed by atoms with Crippen molar-refractivity contribution >= 4 is 40.6 Å². The molecule has 0 aliphatic carbocycles. The summed E-state index contributed by atoms with van der Waals surface area (Å²) in [4.78, 5) is 12.5. The summed E-state index contributed by atoms with van der Waals surface area (Å²) < 4.78 is 1.62. The summed E-state index contributed by atoms with van der Waals surface area (Å²) in [5.41, 5.74) is 1.40. The number of carbonyl (C=O) groups is 1. The molecule has 6 heteroatoms. The van der Waals surface area contributed by atoms with Gasteiger partial charge in [0.05, 0.1) is 27.6 Å². The first-order chi connectivity index (χ1) is 9.45. The molecule has 102 valence electrons. The van der Waals surface area contributed by atoms with E-state index in [-0.39, 0.29) is 12.2 Å². The van der Waals surface area contributed by atoms with Gasteiger partial charge in [0, 0.05) is 18.3 Å². The highest BCUT2D eigenvalue weighted by molar-refractivity contribution is 6.42. The standard InChI is InChI=1S/C14H9Cl3N2O/c1-19-9(4-5-18)7-12(17)13(19)14(20)8-2-3-10(15)11(16)6-8/h2-3,6-7H,4H2,1H3. The van der Waals surface area contributed by atoms with E-state index in [0.717, 1.165) is 0 Å². The van der Waals surface area contributed by atoms with Crippen LogP contribution in [0.5, 0.6) is 0 Å². The van der Waals surface area contributed by atoms with Crippen LogP contribution in [0.25, 0.3) is 0 Å². The second-order valence-electron chi connectivity index (χ2n) is 4.18. The van der Waals surface area contributed by atoms with Gasteiger partial charge in [0.1, 0.15) is 5.69 Å². The van der Waals surface area contributed by atoms with Crippen LogP contribution in [0.2, 0.25) is 15.1 Å². The van der Waals surface area contributed by atoms with Gasteiger partial charge in [-0.25, -0.2) is 0 Å². The summed E-state index contributed by atoms with van der Waals surface area (Å²) in [7, 11) is 1.70. The number of benzene rings is 1. The molecule has 1 aromatic heterocycles. The number of hydrogen-bond acceptors (Lipinski definition) is 2. The van der Waals surface area contributed by atoms with Crippen LogP contribution >= 0.6 is 34.8 Å². The number of hydrogen-bond donors (Lipinski definition) is 0. The molecule has 0 saturated carbocycles. The summed E-state index contributed by atoms with van der Waals surface area (Å²) >= 11 is 17.8. The van der Waals surface area contributed by atoms with Gasteiger partial charge in [0.25, 0.3) is 0 Å². The van der Waals surface area contributed by atoms with Crippen molar-refractivity contribution in [2.45, 2.75) is 6.42 Å². The second kappa shape index (κ2) is 5.88. The normalized spacial score (nSPS) is 10.3. The molecule has 0 atom stereocenters. The first kappa shape index (κ1) is 14.9. The fourth-order valence-electron chi connectivity index (χ4n) is 1.90. The predicted octanol–water partition coefficient (Wildman–Crippen LogP) is 4.28. The first-order valence-electron chi connectivity index (χ1n) is 5.66. The number of carbonyl (C=O) groups excluding carboxylic acids is 1. The number of ketones is 1. The molecular weight excluding hydrogens is 319 g/mol. The van der Waals surface area contributed by atoms with Crippen molar-refractivity contribution in [2.24, 2.45) is 7.05 Å². The van der Waals surface area contributed by atoms with Gasteiger partial charge < -0.3 is 4.57 Å². The Bertz CT molecular complexity index is 729. The molecule has 0 aliphatic rings. The van der Waals surface area contributed by atoms with E-state index in [2.05, 4.69) is 0 Å². The zero-order chi connectivity index (χ0) is 14.9. The highest BCUT2D eigenvalue weighted by Crippen LogP contribution is 2.27. The van der Waals surface area contributed by atoms with Gasteiger partial charge >= 0.3 is 0 Å². The van der Waals surface area contributed by atoms with E-state index in [9.17, 15) is 4.79 Å².